The van der Waals surface area contributed by atoms with E-state index in [0.29, 0.717) is 17.2 Å². The van der Waals surface area contributed by atoms with Crippen molar-refractivity contribution in [2.24, 2.45) is 5.73 Å². The van der Waals surface area contributed by atoms with E-state index in [-0.39, 0.29) is 28.2 Å². The number of aryl methyl sites for hydroxylation is 3. The predicted molar refractivity (Wildman–Crippen MR) is 139 cm³/mol. The van der Waals surface area contributed by atoms with Gasteiger partial charge in [0.15, 0.2) is 11.7 Å². The molecule has 3 amide bonds. The third kappa shape index (κ3) is 5.13. The van der Waals surface area contributed by atoms with Crippen molar-refractivity contribution in [3.8, 4) is 0 Å². The number of carbonyl (C=O) groups is 3. The largest absolute Gasteiger partial charge is 0.464 e. The van der Waals surface area contributed by atoms with Crippen LogP contribution in [0.5, 0.6) is 0 Å². The first-order valence-corrected chi connectivity index (χ1v) is 12.8. The summed E-state index contributed by atoms with van der Waals surface area (Å²) in [4.78, 5) is 41.2. The van der Waals surface area contributed by atoms with Gasteiger partial charge in [-0.2, -0.15) is 4.37 Å². The summed E-state index contributed by atoms with van der Waals surface area (Å²) in [6.45, 7) is 5.55. The minimum atomic E-state index is -1.10. The van der Waals surface area contributed by atoms with Crippen LogP contribution in [-0.2, 0) is 4.79 Å². The van der Waals surface area contributed by atoms with Gasteiger partial charge in [-0.15, -0.1) is 0 Å². The van der Waals surface area contributed by atoms with E-state index in [2.05, 4.69) is 9.69 Å². The van der Waals surface area contributed by atoms with Gasteiger partial charge >= 0.3 is 0 Å². The van der Waals surface area contributed by atoms with Crippen molar-refractivity contribution in [1.82, 2.24) is 9.69 Å². The predicted octanol–water partition coefficient (Wildman–Crippen LogP) is 4.18. The molecule has 0 saturated heterocycles. The summed E-state index contributed by atoms with van der Waals surface area (Å²) < 4.78 is 9.91. The van der Waals surface area contributed by atoms with Crippen LogP contribution in [0, 0.1) is 20.8 Å². The molecule has 3 aromatic rings. The molecule has 1 aliphatic carbocycles. The molecule has 0 bridgehead atoms. The molecule has 10 heteroatoms. The molecule has 1 aromatic carbocycles. The Hall–Kier alpha value is -3.66. The van der Waals surface area contributed by atoms with Crippen LogP contribution in [0.4, 0.5) is 11.4 Å². The van der Waals surface area contributed by atoms with Crippen molar-refractivity contribution in [2.75, 3.05) is 10.6 Å². The minimum Gasteiger partial charge on any atom is -0.464 e. The fourth-order valence-corrected chi connectivity index (χ4v) is 5.33. The molecule has 4 rings (SSSR count). The van der Waals surface area contributed by atoms with Gasteiger partial charge in [-0.3, -0.25) is 19.3 Å². The second-order valence-corrected chi connectivity index (χ2v) is 10.1. The van der Waals surface area contributed by atoms with Crippen LogP contribution in [0.1, 0.15) is 81.0 Å². The number of primary amides is 1. The summed E-state index contributed by atoms with van der Waals surface area (Å²) in [5.74, 6) is -0.794. The summed E-state index contributed by atoms with van der Waals surface area (Å²) in [6.07, 6.45) is 5.01. The average molecular weight is 510 g/mol. The number of hydrogen-bond donors (Lipinski definition) is 3. The Morgan fingerprint density at radius 3 is 2.44 bits per heavy atom. The number of hydrogen-bond acceptors (Lipinski definition) is 7. The number of nitrogens with two attached hydrogens (primary N) is 2. The fraction of sp³-hybridized carbons (Fsp3) is 0.385. The number of amides is 3. The van der Waals surface area contributed by atoms with Gasteiger partial charge in [0.2, 0.25) is 0 Å². The van der Waals surface area contributed by atoms with Crippen molar-refractivity contribution < 1.29 is 18.8 Å². The van der Waals surface area contributed by atoms with Crippen LogP contribution >= 0.6 is 11.5 Å². The number of nitrogens with one attached hydrogen (secondary N) is 1. The highest BCUT2D eigenvalue weighted by Crippen LogP contribution is 2.36. The zero-order chi connectivity index (χ0) is 26.0. The third-order valence-electron chi connectivity index (χ3n) is 6.49. The molecule has 190 valence electrons. The van der Waals surface area contributed by atoms with Gasteiger partial charge < -0.3 is 21.2 Å². The lowest BCUT2D eigenvalue weighted by Gasteiger charge is -2.33. The van der Waals surface area contributed by atoms with Crippen LogP contribution in [0.3, 0.4) is 0 Å². The van der Waals surface area contributed by atoms with Crippen molar-refractivity contribution >= 4 is 40.6 Å². The van der Waals surface area contributed by atoms with Crippen LogP contribution in [-0.4, -0.2) is 28.1 Å². The molecule has 9 nitrogen and oxygen atoms in total. The number of nitrogen functional groups attached to an aromatic ring is 1. The Kier molecular flexibility index (Phi) is 7.44. The zero-order valence-electron chi connectivity index (χ0n) is 20.7. The van der Waals surface area contributed by atoms with E-state index >= 15 is 0 Å². The molecule has 1 atom stereocenters. The van der Waals surface area contributed by atoms with Crippen molar-refractivity contribution in [2.45, 2.75) is 65.0 Å². The number of nitrogens with zero attached hydrogens (tertiary/aromatic N) is 2. The van der Waals surface area contributed by atoms with Gasteiger partial charge in [-0.25, -0.2) is 0 Å². The molecule has 5 N–H and O–H groups in total. The maximum atomic E-state index is 14.1. The molecular formula is C26H31N5O4S. The first-order chi connectivity index (χ1) is 17.2. The topological polar surface area (TPSA) is 145 Å². The number of carbonyl (C=O) groups excluding carboxylic acids is 3. The number of aromatic nitrogens is 1. The lowest BCUT2D eigenvalue weighted by atomic mass is 9.95. The SMILES string of the molecule is Cc1ccc(C)c(N(C(=O)c2snc(C(N)=O)c2N)[C@@H](C(=O)NC2CCCCC2)c2ccc(C)o2)c1. The summed E-state index contributed by atoms with van der Waals surface area (Å²) >= 11 is 0.781. The van der Waals surface area contributed by atoms with Crippen molar-refractivity contribution in [3.05, 3.63) is 63.6 Å². The van der Waals surface area contributed by atoms with Gasteiger partial charge in [0.05, 0.1) is 5.69 Å². The monoisotopic (exact) mass is 509 g/mol. The number of benzene rings is 1. The lowest BCUT2D eigenvalue weighted by Crippen LogP contribution is -2.47. The number of anilines is 2. The van der Waals surface area contributed by atoms with E-state index in [1.165, 1.54) is 4.90 Å². The highest BCUT2D eigenvalue weighted by Gasteiger charge is 2.39. The molecule has 0 aliphatic heterocycles. The zero-order valence-corrected chi connectivity index (χ0v) is 21.5. The smallest absolute Gasteiger partial charge is 0.273 e. The molecule has 0 radical (unpaired) electrons. The second kappa shape index (κ2) is 10.5. The maximum Gasteiger partial charge on any atom is 0.273 e. The minimum absolute atomic E-state index is 0.0234. The van der Waals surface area contributed by atoms with E-state index in [9.17, 15) is 14.4 Å². The van der Waals surface area contributed by atoms with Gasteiger partial charge in [0.1, 0.15) is 16.4 Å². The Morgan fingerprint density at radius 1 is 1.11 bits per heavy atom. The maximum absolute atomic E-state index is 14.1. The Morgan fingerprint density at radius 2 is 1.83 bits per heavy atom. The number of furan rings is 1. The van der Waals surface area contributed by atoms with Crippen LogP contribution in [0.15, 0.2) is 34.7 Å². The third-order valence-corrected chi connectivity index (χ3v) is 7.34. The first kappa shape index (κ1) is 25.4. The summed E-state index contributed by atoms with van der Waals surface area (Å²) in [5, 5.41) is 3.14. The standard InChI is InChI=1S/C26H31N5O4S/c1-14-9-10-15(2)18(13-14)31(26(34)23-20(27)21(24(28)32)30-36-23)22(19-12-11-16(3)35-19)25(33)29-17-7-5-4-6-8-17/h9-13,17,22H,4-8,27H2,1-3H3,(H2,28,32)(H,29,33)/t22-/m1/s1. The van der Waals surface area contributed by atoms with E-state index in [1.54, 1.807) is 19.1 Å². The molecule has 0 spiro atoms. The highest BCUT2D eigenvalue weighted by molar-refractivity contribution is 7.09. The van der Waals surface area contributed by atoms with Gasteiger partial charge in [0, 0.05) is 11.7 Å². The second-order valence-electron chi connectivity index (χ2n) is 9.30. The van der Waals surface area contributed by atoms with E-state index < -0.39 is 17.9 Å². The first-order valence-electron chi connectivity index (χ1n) is 12.0. The Labute approximate surface area is 214 Å². The van der Waals surface area contributed by atoms with E-state index in [1.807, 2.05) is 32.0 Å². The van der Waals surface area contributed by atoms with E-state index in [4.69, 9.17) is 15.9 Å². The molecular weight excluding hydrogens is 478 g/mol. The quantitative estimate of drug-likeness (QED) is 0.436. The van der Waals surface area contributed by atoms with Gasteiger partial charge in [0.25, 0.3) is 17.7 Å². The van der Waals surface area contributed by atoms with Crippen molar-refractivity contribution in [3.63, 3.8) is 0 Å². The van der Waals surface area contributed by atoms with Crippen LogP contribution < -0.4 is 21.7 Å². The normalized spacial score (nSPS) is 14.9. The fourth-order valence-electron chi connectivity index (χ4n) is 4.58. The molecule has 36 heavy (non-hydrogen) atoms. The molecule has 2 heterocycles. The highest BCUT2D eigenvalue weighted by atomic mass is 32.1. The summed E-state index contributed by atoms with van der Waals surface area (Å²) in [6, 6.07) is 8.05. The van der Waals surface area contributed by atoms with E-state index in [0.717, 1.165) is 54.8 Å². The van der Waals surface area contributed by atoms with Gasteiger partial charge in [-0.1, -0.05) is 31.4 Å². The summed E-state index contributed by atoms with van der Waals surface area (Å²) in [5.41, 5.74) is 13.5. The average Bonchev–Trinajstić information content (AvgIpc) is 3.44. The molecule has 1 fully saturated rings. The van der Waals surface area contributed by atoms with Crippen LogP contribution in [0.2, 0.25) is 0 Å². The summed E-state index contributed by atoms with van der Waals surface area (Å²) in [7, 11) is 0. The van der Waals surface area contributed by atoms with Crippen molar-refractivity contribution in [1.29, 1.82) is 0 Å². The molecule has 1 saturated carbocycles. The van der Waals surface area contributed by atoms with Crippen LogP contribution in [0.25, 0.3) is 0 Å². The number of rotatable bonds is 7. The Bertz CT molecular complexity index is 1290. The molecule has 1 aliphatic rings. The molecule has 0 unspecified atom stereocenters. The Balaban J connectivity index is 1.86. The van der Waals surface area contributed by atoms with Gasteiger partial charge in [-0.05, 0) is 74.5 Å². The lowest BCUT2D eigenvalue weighted by molar-refractivity contribution is -0.123. The molecule has 2 aromatic heterocycles.